The van der Waals surface area contributed by atoms with E-state index in [1.165, 1.54) is 0 Å². The van der Waals surface area contributed by atoms with E-state index in [1.54, 1.807) is 0 Å². The molecule has 6 nitrogen and oxygen atoms in total. The molecule has 1 aliphatic heterocycles. The van der Waals surface area contributed by atoms with Crippen molar-refractivity contribution in [3.63, 3.8) is 0 Å². The standard InChI is InChI=1S/C19H25N3O3/c1-13(2)6-5-11-20-16(23)12-22-17(24)19(21-18(22)25)10-9-14-7-3-4-8-15(14)19/h3-4,7-8,13H,5-6,9-12H2,1-2H3,(H,20,23)(H,21,25). The summed E-state index contributed by atoms with van der Waals surface area (Å²) in [5.41, 5.74) is 0.940. The molecule has 1 spiro atoms. The summed E-state index contributed by atoms with van der Waals surface area (Å²) in [7, 11) is 0. The molecule has 1 unspecified atom stereocenters. The van der Waals surface area contributed by atoms with Crippen molar-refractivity contribution < 1.29 is 14.4 Å². The second-order valence-electron chi connectivity index (χ2n) is 7.27. The van der Waals surface area contributed by atoms with Gasteiger partial charge in [0, 0.05) is 6.54 Å². The molecule has 2 aliphatic rings. The third-order valence-electron chi connectivity index (χ3n) is 5.00. The number of fused-ring (bicyclic) bond motifs is 2. The van der Waals surface area contributed by atoms with E-state index in [0.717, 1.165) is 35.3 Å². The van der Waals surface area contributed by atoms with E-state index >= 15 is 0 Å². The summed E-state index contributed by atoms with van der Waals surface area (Å²) in [4.78, 5) is 38.4. The van der Waals surface area contributed by atoms with Crippen LogP contribution in [0.2, 0.25) is 0 Å². The van der Waals surface area contributed by atoms with Gasteiger partial charge in [0.1, 0.15) is 12.1 Å². The van der Waals surface area contributed by atoms with Crippen molar-refractivity contribution in [3.8, 4) is 0 Å². The van der Waals surface area contributed by atoms with E-state index in [4.69, 9.17) is 0 Å². The molecule has 1 fully saturated rings. The number of carbonyl (C=O) groups is 3. The number of nitrogens with zero attached hydrogens (tertiary/aromatic N) is 1. The Labute approximate surface area is 148 Å². The second-order valence-corrected chi connectivity index (χ2v) is 7.27. The number of rotatable bonds is 6. The molecule has 0 aromatic heterocycles. The number of imide groups is 1. The number of nitrogens with one attached hydrogen (secondary N) is 2. The average molecular weight is 343 g/mol. The molecule has 1 aliphatic carbocycles. The molecule has 1 aromatic carbocycles. The van der Waals surface area contributed by atoms with Crippen LogP contribution in [-0.2, 0) is 21.5 Å². The first-order valence-corrected chi connectivity index (χ1v) is 8.93. The summed E-state index contributed by atoms with van der Waals surface area (Å²) in [5, 5.41) is 5.62. The number of benzene rings is 1. The van der Waals surface area contributed by atoms with Crippen LogP contribution in [0.5, 0.6) is 0 Å². The Morgan fingerprint density at radius 3 is 2.84 bits per heavy atom. The van der Waals surface area contributed by atoms with Gasteiger partial charge in [0.15, 0.2) is 0 Å². The molecule has 1 atom stereocenters. The van der Waals surface area contributed by atoms with Gasteiger partial charge < -0.3 is 10.6 Å². The highest BCUT2D eigenvalue weighted by Crippen LogP contribution is 2.41. The number of hydrogen-bond acceptors (Lipinski definition) is 3. The van der Waals surface area contributed by atoms with Gasteiger partial charge in [0.2, 0.25) is 5.91 Å². The summed E-state index contributed by atoms with van der Waals surface area (Å²) >= 11 is 0. The fourth-order valence-electron chi connectivity index (χ4n) is 3.67. The van der Waals surface area contributed by atoms with Crippen molar-refractivity contribution >= 4 is 17.8 Å². The Hall–Kier alpha value is -2.37. The van der Waals surface area contributed by atoms with E-state index in [2.05, 4.69) is 24.5 Å². The van der Waals surface area contributed by atoms with Gasteiger partial charge in [0.25, 0.3) is 5.91 Å². The Morgan fingerprint density at radius 2 is 2.08 bits per heavy atom. The molecule has 0 radical (unpaired) electrons. The molecule has 134 valence electrons. The van der Waals surface area contributed by atoms with E-state index < -0.39 is 11.6 Å². The van der Waals surface area contributed by atoms with Crippen molar-refractivity contribution in [1.29, 1.82) is 0 Å². The zero-order chi connectivity index (χ0) is 18.0. The highest BCUT2D eigenvalue weighted by molar-refractivity contribution is 6.09. The van der Waals surface area contributed by atoms with E-state index in [9.17, 15) is 14.4 Å². The molecule has 1 aromatic rings. The maximum Gasteiger partial charge on any atom is 0.325 e. The topological polar surface area (TPSA) is 78.5 Å². The summed E-state index contributed by atoms with van der Waals surface area (Å²) in [6, 6.07) is 7.18. The van der Waals surface area contributed by atoms with Gasteiger partial charge in [-0.25, -0.2) is 4.79 Å². The number of hydrogen-bond donors (Lipinski definition) is 2. The third-order valence-corrected chi connectivity index (χ3v) is 5.00. The first kappa shape index (κ1) is 17.5. The SMILES string of the molecule is CC(C)CCCNC(=O)CN1C(=O)NC2(CCc3ccccc32)C1=O. The molecule has 2 N–H and O–H groups in total. The normalized spacial score (nSPS) is 21.8. The van der Waals surface area contributed by atoms with Crippen LogP contribution >= 0.6 is 0 Å². The van der Waals surface area contributed by atoms with Crippen LogP contribution in [-0.4, -0.2) is 35.8 Å². The fraction of sp³-hybridized carbons (Fsp3) is 0.526. The highest BCUT2D eigenvalue weighted by Gasteiger charge is 2.55. The minimum Gasteiger partial charge on any atom is -0.355 e. The van der Waals surface area contributed by atoms with E-state index in [1.807, 2.05) is 24.3 Å². The van der Waals surface area contributed by atoms with Crippen molar-refractivity contribution in [2.75, 3.05) is 13.1 Å². The maximum atomic E-state index is 12.9. The van der Waals surface area contributed by atoms with Crippen molar-refractivity contribution in [2.45, 2.75) is 45.1 Å². The van der Waals surface area contributed by atoms with Crippen LogP contribution in [0, 0.1) is 5.92 Å². The zero-order valence-corrected chi connectivity index (χ0v) is 14.8. The van der Waals surface area contributed by atoms with Crippen LogP contribution < -0.4 is 10.6 Å². The van der Waals surface area contributed by atoms with Gasteiger partial charge in [-0.3, -0.25) is 14.5 Å². The summed E-state index contributed by atoms with van der Waals surface area (Å²) < 4.78 is 0. The molecular formula is C19H25N3O3. The van der Waals surface area contributed by atoms with Crippen molar-refractivity contribution in [2.24, 2.45) is 5.92 Å². The Kier molecular flexibility index (Phi) is 4.79. The first-order chi connectivity index (χ1) is 11.9. The predicted molar refractivity (Wildman–Crippen MR) is 93.8 cm³/mol. The maximum absolute atomic E-state index is 12.9. The Balaban J connectivity index is 1.64. The van der Waals surface area contributed by atoms with Crippen molar-refractivity contribution in [1.82, 2.24) is 15.5 Å². The van der Waals surface area contributed by atoms with Gasteiger partial charge in [0.05, 0.1) is 0 Å². The first-order valence-electron chi connectivity index (χ1n) is 8.93. The predicted octanol–water partition coefficient (Wildman–Crippen LogP) is 1.93. The number of aryl methyl sites for hydroxylation is 1. The van der Waals surface area contributed by atoms with Gasteiger partial charge in [-0.15, -0.1) is 0 Å². The molecular weight excluding hydrogens is 318 g/mol. The van der Waals surface area contributed by atoms with Crippen molar-refractivity contribution in [3.05, 3.63) is 35.4 Å². The van der Waals surface area contributed by atoms with Gasteiger partial charge in [-0.2, -0.15) is 0 Å². The number of carbonyl (C=O) groups excluding carboxylic acids is 3. The molecule has 1 saturated heterocycles. The quantitative estimate of drug-likeness (QED) is 0.612. The lowest BCUT2D eigenvalue weighted by Gasteiger charge is -2.22. The smallest absolute Gasteiger partial charge is 0.325 e. The average Bonchev–Trinajstić information content (AvgIpc) is 3.06. The number of urea groups is 1. The van der Waals surface area contributed by atoms with Crippen LogP contribution in [0.15, 0.2) is 24.3 Å². The monoisotopic (exact) mass is 343 g/mol. The molecule has 1 heterocycles. The van der Waals surface area contributed by atoms with Crippen LogP contribution in [0.3, 0.4) is 0 Å². The van der Waals surface area contributed by atoms with Crippen LogP contribution in [0.25, 0.3) is 0 Å². The lowest BCUT2D eigenvalue weighted by Crippen LogP contribution is -2.44. The van der Waals surface area contributed by atoms with Crippen LogP contribution in [0.1, 0.15) is 44.2 Å². The molecule has 0 bridgehead atoms. The highest BCUT2D eigenvalue weighted by atomic mass is 16.2. The molecule has 25 heavy (non-hydrogen) atoms. The lowest BCUT2D eigenvalue weighted by atomic mass is 9.92. The fourth-order valence-corrected chi connectivity index (χ4v) is 3.67. The molecule has 4 amide bonds. The molecule has 0 saturated carbocycles. The minimum absolute atomic E-state index is 0.226. The largest absolute Gasteiger partial charge is 0.355 e. The van der Waals surface area contributed by atoms with Gasteiger partial charge >= 0.3 is 6.03 Å². The molecule has 6 heteroatoms. The second kappa shape index (κ2) is 6.86. The number of amides is 4. The Bertz CT molecular complexity index is 701. The lowest BCUT2D eigenvalue weighted by molar-refractivity contribution is -0.135. The third kappa shape index (κ3) is 3.25. The van der Waals surface area contributed by atoms with Crippen LogP contribution in [0.4, 0.5) is 4.79 Å². The molecule has 3 rings (SSSR count). The minimum atomic E-state index is -0.994. The summed E-state index contributed by atoms with van der Waals surface area (Å²) in [6.07, 6.45) is 3.21. The summed E-state index contributed by atoms with van der Waals surface area (Å²) in [5.74, 6) is -0.0273. The van der Waals surface area contributed by atoms with Gasteiger partial charge in [-0.1, -0.05) is 38.1 Å². The zero-order valence-electron chi connectivity index (χ0n) is 14.8. The van der Waals surface area contributed by atoms with E-state index in [-0.39, 0.29) is 18.4 Å². The van der Waals surface area contributed by atoms with Gasteiger partial charge in [-0.05, 0) is 42.7 Å². The Morgan fingerprint density at radius 1 is 1.32 bits per heavy atom. The van der Waals surface area contributed by atoms with E-state index in [0.29, 0.717) is 18.9 Å². The summed E-state index contributed by atoms with van der Waals surface area (Å²) in [6.45, 7) is 4.60.